The Balaban J connectivity index is 1.29. The monoisotopic (exact) mass is 336 g/mol. The summed E-state index contributed by atoms with van der Waals surface area (Å²) in [7, 11) is 2.08. The number of aromatic nitrogens is 6. The summed E-state index contributed by atoms with van der Waals surface area (Å²) in [5, 5.41) is 21.3. The molecule has 8 heteroatoms. The van der Waals surface area contributed by atoms with Crippen LogP contribution in [-0.2, 0) is 12.8 Å². The van der Waals surface area contributed by atoms with E-state index in [1.807, 2.05) is 12.1 Å². The summed E-state index contributed by atoms with van der Waals surface area (Å²) in [6.45, 7) is 1.87. The Morgan fingerprint density at radius 2 is 1.96 bits per heavy atom. The molecule has 0 aromatic carbocycles. The first-order valence-electron chi connectivity index (χ1n) is 8.78. The van der Waals surface area contributed by atoms with Crippen molar-refractivity contribution in [2.75, 3.05) is 29.9 Å². The van der Waals surface area contributed by atoms with Crippen LogP contribution in [0.1, 0.15) is 24.1 Å². The number of anilines is 2. The standard InChI is InChI=1S/C17H20N8/c1-23(16-7-6-15-20-18-11-25(15)22-16)13-9-24(10-13)17-8-12-4-2-3-5-14(12)19-21-17/h6-8,11,13H,2-5,9-10H2,1H3. The van der Waals surface area contributed by atoms with Crippen LogP contribution in [0.25, 0.3) is 5.65 Å². The van der Waals surface area contributed by atoms with Gasteiger partial charge in [-0.25, -0.2) is 0 Å². The molecule has 0 spiro atoms. The second-order valence-corrected chi connectivity index (χ2v) is 6.88. The number of likely N-dealkylation sites (N-methyl/N-ethyl adjacent to an activating group) is 1. The fourth-order valence-electron chi connectivity index (χ4n) is 3.61. The van der Waals surface area contributed by atoms with Crippen LogP contribution in [-0.4, -0.2) is 56.2 Å². The molecule has 1 fully saturated rings. The van der Waals surface area contributed by atoms with Crippen molar-refractivity contribution in [3.05, 3.63) is 35.8 Å². The predicted octanol–water partition coefficient (Wildman–Crippen LogP) is 1.12. The van der Waals surface area contributed by atoms with Gasteiger partial charge in [-0.15, -0.1) is 20.4 Å². The molecule has 1 aliphatic heterocycles. The van der Waals surface area contributed by atoms with Gasteiger partial charge in [0.15, 0.2) is 11.5 Å². The molecular weight excluding hydrogens is 316 g/mol. The summed E-state index contributed by atoms with van der Waals surface area (Å²) < 4.78 is 1.71. The minimum absolute atomic E-state index is 0.416. The van der Waals surface area contributed by atoms with E-state index in [2.05, 4.69) is 48.4 Å². The average Bonchev–Trinajstić information content (AvgIpc) is 3.08. The maximum atomic E-state index is 4.56. The summed E-state index contributed by atoms with van der Waals surface area (Å²) in [5.41, 5.74) is 3.33. The van der Waals surface area contributed by atoms with E-state index < -0.39 is 0 Å². The highest BCUT2D eigenvalue weighted by atomic mass is 15.4. The van der Waals surface area contributed by atoms with Gasteiger partial charge >= 0.3 is 0 Å². The summed E-state index contributed by atoms with van der Waals surface area (Å²) >= 11 is 0. The van der Waals surface area contributed by atoms with Crippen molar-refractivity contribution >= 4 is 17.3 Å². The average molecular weight is 336 g/mol. The van der Waals surface area contributed by atoms with Gasteiger partial charge in [-0.2, -0.15) is 9.61 Å². The van der Waals surface area contributed by atoms with E-state index >= 15 is 0 Å². The van der Waals surface area contributed by atoms with Crippen molar-refractivity contribution in [2.45, 2.75) is 31.7 Å². The first-order chi connectivity index (χ1) is 12.3. The van der Waals surface area contributed by atoms with Gasteiger partial charge < -0.3 is 9.80 Å². The van der Waals surface area contributed by atoms with Crippen LogP contribution in [0.3, 0.4) is 0 Å². The fourth-order valence-corrected chi connectivity index (χ4v) is 3.61. The van der Waals surface area contributed by atoms with Crippen molar-refractivity contribution in [3.63, 3.8) is 0 Å². The number of nitrogens with zero attached hydrogens (tertiary/aromatic N) is 8. The highest BCUT2D eigenvalue weighted by Gasteiger charge is 2.32. The molecule has 2 aliphatic rings. The summed E-state index contributed by atoms with van der Waals surface area (Å²) in [6.07, 6.45) is 6.34. The van der Waals surface area contributed by atoms with Gasteiger partial charge in [0.05, 0.1) is 11.7 Å². The zero-order valence-electron chi connectivity index (χ0n) is 14.2. The molecule has 1 saturated heterocycles. The molecule has 0 amide bonds. The highest BCUT2D eigenvalue weighted by molar-refractivity contribution is 5.50. The molecule has 5 rings (SSSR count). The molecule has 0 bridgehead atoms. The molecule has 0 N–H and O–H groups in total. The molecule has 0 radical (unpaired) electrons. The number of rotatable bonds is 3. The zero-order valence-corrected chi connectivity index (χ0v) is 14.2. The lowest BCUT2D eigenvalue weighted by molar-refractivity contribution is 0.485. The minimum atomic E-state index is 0.416. The van der Waals surface area contributed by atoms with Crippen molar-refractivity contribution in [1.82, 2.24) is 30.0 Å². The minimum Gasteiger partial charge on any atom is -0.352 e. The van der Waals surface area contributed by atoms with E-state index in [-0.39, 0.29) is 0 Å². The molecular formula is C17H20N8. The lowest BCUT2D eigenvalue weighted by Crippen LogP contribution is -2.59. The number of hydrogen-bond donors (Lipinski definition) is 0. The largest absolute Gasteiger partial charge is 0.352 e. The van der Waals surface area contributed by atoms with Crippen LogP contribution in [0.15, 0.2) is 24.5 Å². The number of fused-ring (bicyclic) bond motifs is 2. The molecule has 3 aromatic rings. The SMILES string of the molecule is CN(c1ccc2nncn2n1)C1CN(c2cc3c(nn2)CCCC3)C1. The highest BCUT2D eigenvalue weighted by Crippen LogP contribution is 2.27. The molecule has 25 heavy (non-hydrogen) atoms. The third-order valence-electron chi connectivity index (χ3n) is 5.30. The molecule has 8 nitrogen and oxygen atoms in total. The second kappa shape index (κ2) is 5.65. The zero-order chi connectivity index (χ0) is 16.8. The third-order valence-corrected chi connectivity index (χ3v) is 5.30. The van der Waals surface area contributed by atoms with Gasteiger partial charge in [0.1, 0.15) is 12.1 Å². The van der Waals surface area contributed by atoms with E-state index in [9.17, 15) is 0 Å². The van der Waals surface area contributed by atoms with Crippen LogP contribution in [0.4, 0.5) is 11.6 Å². The quantitative estimate of drug-likeness (QED) is 0.709. The summed E-state index contributed by atoms with van der Waals surface area (Å²) in [6, 6.07) is 6.58. The van der Waals surface area contributed by atoms with Gasteiger partial charge in [0.25, 0.3) is 0 Å². The second-order valence-electron chi connectivity index (χ2n) is 6.88. The summed E-state index contributed by atoms with van der Waals surface area (Å²) in [4.78, 5) is 4.50. The molecule has 0 unspecified atom stereocenters. The Kier molecular flexibility index (Phi) is 3.29. The van der Waals surface area contributed by atoms with Gasteiger partial charge in [-0.3, -0.25) is 0 Å². The first-order valence-corrected chi connectivity index (χ1v) is 8.78. The van der Waals surface area contributed by atoms with Crippen molar-refractivity contribution < 1.29 is 0 Å². The molecule has 128 valence electrons. The predicted molar refractivity (Wildman–Crippen MR) is 93.9 cm³/mol. The Labute approximate surface area is 145 Å². The van der Waals surface area contributed by atoms with Crippen LogP contribution < -0.4 is 9.80 Å². The first kappa shape index (κ1) is 14.6. The Morgan fingerprint density at radius 3 is 2.88 bits per heavy atom. The van der Waals surface area contributed by atoms with E-state index in [0.717, 1.165) is 43.2 Å². The summed E-state index contributed by atoms with van der Waals surface area (Å²) in [5.74, 6) is 1.93. The van der Waals surface area contributed by atoms with Gasteiger partial charge in [-0.1, -0.05) is 0 Å². The number of aryl methyl sites for hydroxylation is 2. The molecule has 4 heterocycles. The smallest absolute Gasteiger partial charge is 0.177 e. The van der Waals surface area contributed by atoms with Crippen LogP contribution in [0, 0.1) is 0 Å². The van der Waals surface area contributed by atoms with Crippen molar-refractivity contribution in [2.24, 2.45) is 0 Å². The van der Waals surface area contributed by atoms with Crippen LogP contribution in [0.5, 0.6) is 0 Å². The topological polar surface area (TPSA) is 75.3 Å². The van der Waals surface area contributed by atoms with Crippen LogP contribution >= 0.6 is 0 Å². The lowest BCUT2D eigenvalue weighted by Gasteiger charge is -2.44. The van der Waals surface area contributed by atoms with E-state index in [1.165, 1.54) is 24.1 Å². The normalized spacial score (nSPS) is 17.4. The Morgan fingerprint density at radius 1 is 1.08 bits per heavy atom. The molecule has 0 saturated carbocycles. The maximum absolute atomic E-state index is 4.56. The van der Waals surface area contributed by atoms with Crippen LogP contribution in [0.2, 0.25) is 0 Å². The van der Waals surface area contributed by atoms with Crippen molar-refractivity contribution in [3.8, 4) is 0 Å². The molecule has 3 aromatic heterocycles. The van der Waals surface area contributed by atoms with E-state index in [1.54, 1.807) is 10.8 Å². The Hall–Kier alpha value is -2.77. The number of hydrogen-bond acceptors (Lipinski definition) is 7. The van der Waals surface area contributed by atoms with E-state index in [4.69, 9.17) is 0 Å². The third kappa shape index (κ3) is 2.48. The Bertz CT molecular complexity index is 914. The maximum Gasteiger partial charge on any atom is 0.177 e. The molecule has 0 atom stereocenters. The lowest BCUT2D eigenvalue weighted by atomic mass is 9.96. The van der Waals surface area contributed by atoms with Crippen molar-refractivity contribution in [1.29, 1.82) is 0 Å². The molecule has 1 aliphatic carbocycles. The van der Waals surface area contributed by atoms with Gasteiger partial charge in [-0.05, 0) is 49.4 Å². The van der Waals surface area contributed by atoms with Gasteiger partial charge in [0, 0.05) is 20.1 Å². The fraction of sp³-hybridized carbons (Fsp3) is 0.471. The van der Waals surface area contributed by atoms with Gasteiger partial charge in [0.2, 0.25) is 0 Å². The van der Waals surface area contributed by atoms with E-state index in [0.29, 0.717) is 6.04 Å².